The average Bonchev–Trinajstić information content (AvgIpc) is 3.28. The number of hydrogen-bond donors (Lipinski definition) is 2. The van der Waals surface area contributed by atoms with Gasteiger partial charge in [-0.2, -0.15) is 0 Å². The van der Waals surface area contributed by atoms with Crippen LogP contribution >= 0.6 is 11.3 Å². The quantitative estimate of drug-likeness (QED) is 0.616. The number of carbonyl (C=O) groups excluding carboxylic acids is 1. The van der Waals surface area contributed by atoms with Crippen molar-refractivity contribution in [3.63, 3.8) is 0 Å². The lowest BCUT2D eigenvalue weighted by Crippen LogP contribution is -2.32. The Morgan fingerprint density at radius 1 is 1.00 bits per heavy atom. The fraction of sp³-hybridized carbons (Fsp3) is 0.190. The highest BCUT2D eigenvalue weighted by atomic mass is 32.2. The molecule has 0 aliphatic heterocycles. The second-order valence-electron chi connectivity index (χ2n) is 6.95. The molecule has 3 aromatic rings. The van der Waals surface area contributed by atoms with E-state index in [4.69, 9.17) is 0 Å². The van der Waals surface area contributed by atoms with Gasteiger partial charge < -0.3 is 5.32 Å². The smallest absolute Gasteiger partial charge is 0.271 e. The van der Waals surface area contributed by atoms with Crippen molar-refractivity contribution in [1.29, 1.82) is 0 Å². The monoisotopic (exact) mass is 412 g/mol. The van der Waals surface area contributed by atoms with Crippen LogP contribution in [0.15, 0.2) is 76.3 Å². The molecule has 1 aromatic heterocycles. The molecule has 1 aliphatic carbocycles. The van der Waals surface area contributed by atoms with E-state index in [1.54, 1.807) is 41.8 Å². The molecule has 2 N–H and O–H groups in total. The summed E-state index contributed by atoms with van der Waals surface area (Å²) in [4.78, 5) is 12.6. The average molecular weight is 413 g/mol. The first-order valence-electron chi connectivity index (χ1n) is 8.99. The first-order chi connectivity index (χ1) is 13.5. The van der Waals surface area contributed by atoms with Crippen LogP contribution in [0.1, 0.15) is 28.8 Å². The van der Waals surface area contributed by atoms with Crippen molar-refractivity contribution < 1.29 is 13.2 Å². The van der Waals surface area contributed by atoms with Crippen molar-refractivity contribution in [1.82, 2.24) is 5.32 Å². The topological polar surface area (TPSA) is 75.3 Å². The molecule has 0 atom stereocenters. The van der Waals surface area contributed by atoms with Crippen molar-refractivity contribution in [2.45, 2.75) is 22.5 Å². The van der Waals surface area contributed by atoms with E-state index >= 15 is 0 Å². The van der Waals surface area contributed by atoms with Crippen LogP contribution in [0.5, 0.6) is 0 Å². The minimum absolute atomic E-state index is 0.0231. The van der Waals surface area contributed by atoms with Gasteiger partial charge in [0.2, 0.25) is 0 Å². The van der Waals surface area contributed by atoms with Crippen molar-refractivity contribution in [3.05, 3.63) is 83.2 Å². The van der Waals surface area contributed by atoms with Gasteiger partial charge in [0.15, 0.2) is 0 Å². The molecule has 0 saturated heterocycles. The van der Waals surface area contributed by atoms with Gasteiger partial charge >= 0.3 is 0 Å². The zero-order valence-electron chi connectivity index (χ0n) is 15.1. The molecule has 0 spiro atoms. The van der Waals surface area contributed by atoms with E-state index in [9.17, 15) is 13.2 Å². The van der Waals surface area contributed by atoms with E-state index < -0.39 is 10.0 Å². The molecular formula is C21H20N2O3S2. The molecule has 1 aliphatic rings. The lowest BCUT2D eigenvalue weighted by molar-refractivity contribution is 0.0949. The Hall–Kier alpha value is -2.64. The van der Waals surface area contributed by atoms with Gasteiger partial charge in [0, 0.05) is 23.2 Å². The number of sulfonamides is 1. The van der Waals surface area contributed by atoms with Gasteiger partial charge in [-0.25, -0.2) is 8.42 Å². The van der Waals surface area contributed by atoms with Gasteiger partial charge in [-0.3, -0.25) is 9.52 Å². The molecule has 0 bridgehead atoms. The lowest BCUT2D eigenvalue weighted by atomic mass is 9.96. The number of rotatable bonds is 7. The first-order valence-corrected chi connectivity index (χ1v) is 11.3. The maximum atomic E-state index is 12.6. The first kappa shape index (κ1) is 18.7. The summed E-state index contributed by atoms with van der Waals surface area (Å²) in [6.45, 7) is 0.570. The van der Waals surface area contributed by atoms with Crippen LogP contribution in [-0.2, 0) is 15.4 Å². The Bertz CT molecular complexity index is 1070. The maximum Gasteiger partial charge on any atom is 0.271 e. The third kappa shape index (κ3) is 3.95. The highest BCUT2D eigenvalue weighted by Gasteiger charge is 2.44. The predicted octanol–water partition coefficient (Wildman–Crippen LogP) is 4.01. The molecule has 4 rings (SSSR count). The molecule has 144 valence electrons. The minimum atomic E-state index is -3.64. The van der Waals surface area contributed by atoms with E-state index in [2.05, 4.69) is 22.2 Å². The van der Waals surface area contributed by atoms with Gasteiger partial charge in [0.05, 0.1) is 0 Å². The number of carbonyl (C=O) groups is 1. The highest BCUT2D eigenvalue weighted by Crippen LogP contribution is 2.47. The summed E-state index contributed by atoms with van der Waals surface area (Å²) in [6.07, 6.45) is 2.11. The fourth-order valence-electron chi connectivity index (χ4n) is 3.21. The second-order valence-corrected chi connectivity index (χ2v) is 9.80. The minimum Gasteiger partial charge on any atom is -0.351 e. The van der Waals surface area contributed by atoms with Crippen LogP contribution < -0.4 is 10.0 Å². The Morgan fingerprint density at radius 2 is 1.79 bits per heavy atom. The summed E-state index contributed by atoms with van der Waals surface area (Å²) in [5.41, 5.74) is 2.06. The van der Waals surface area contributed by atoms with Crippen molar-refractivity contribution in [3.8, 4) is 0 Å². The molecule has 1 fully saturated rings. The molecule has 7 heteroatoms. The van der Waals surface area contributed by atoms with Crippen molar-refractivity contribution >= 4 is 33.0 Å². The van der Waals surface area contributed by atoms with E-state index in [0.29, 0.717) is 17.8 Å². The lowest BCUT2D eigenvalue weighted by Gasteiger charge is -2.17. The summed E-state index contributed by atoms with van der Waals surface area (Å²) in [6, 6.07) is 20.0. The van der Waals surface area contributed by atoms with Crippen LogP contribution in [0.3, 0.4) is 0 Å². The summed E-state index contributed by atoms with van der Waals surface area (Å²) < 4.78 is 27.5. The maximum absolute atomic E-state index is 12.6. The molecule has 2 aromatic carbocycles. The molecule has 1 heterocycles. The standard InChI is InChI=1S/C21H20N2O3S2/c24-20(22-15-21(11-12-21)17-7-2-1-3-8-17)16-6-4-9-18(14-16)23-28(25,26)19-10-5-13-27-19/h1-10,13-14,23H,11-12,15H2,(H,22,24). The molecule has 5 nitrogen and oxygen atoms in total. The number of hydrogen-bond acceptors (Lipinski definition) is 4. The number of amides is 1. The van der Waals surface area contributed by atoms with Gasteiger partial charge in [-0.1, -0.05) is 42.5 Å². The van der Waals surface area contributed by atoms with E-state index in [-0.39, 0.29) is 15.5 Å². The number of thiophene rings is 1. The zero-order chi connectivity index (χ0) is 19.6. The third-order valence-corrected chi connectivity index (χ3v) is 7.74. The zero-order valence-corrected chi connectivity index (χ0v) is 16.7. The number of benzene rings is 2. The highest BCUT2D eigenvalue weighted by molar-refractivity contribution is 7.94. The molecule has 28 heavy (non-hydrogen) atoms. The Labute approximate surface area is 168 Å². The largest absolute Gasteiger partial charge is 0.351 e. The molecule has 1 amide bonds. The Kier molecular flexibility index (Phi) is 4.95. The van der Waals surface area contributed by atoms with Gasteiger partial charge in [0.25, 0.3) is 15.9 Å². The Morgan fingerprint density at radius 3 is 2.46 bits per heavy atom. The SMILES string of the molecule is O=C(NCC1(c2ccccc2)CC1)c1cccc(NS(=O)(=O)c2cccs2)c1. The Balaban J connectivity index is 1.44. The second kappa shape index (κ2) is 7.41. The van der Waals surface area contributed by atoms with Gasteiger partial charge in [0.1, 0.15) is 4.21 Å². The number of anilines is 1. The van der Waals surface area contributed by atoms with Crippen LogP contribution in [0.2, 0.25) is 0 Å². The van der Waals surface area contributed by atoms with Crippen LogP contribution in [0.4, 0.5) is 5.69 Å². The van der Waals surface area contributed by atoms with Gasteiger partial charge in [-0.05, 0) is 48.1 Å². The normalized spacial score (nSPS) is 15.0. The number of nitrogens with one attached hydrogen (secondary N) is 2. The summed E-state index contributed by atoms with van der Waals surface area (Å²) in [7, 11) is -3.64. The van der Waals surface area contributed by atoms with Gasteiger partial charge in [-0.15, -0.1) is 11.3 Å². The van der Waals surface area contributed by atoms with Crippen LogP contribution in [0.25, 0.3) is 0 Å². The van der Waals surface area contributed by atoms with Crippen LogP contribution in [0, 0.1) is 0 Å². The molecular weight excluding hydrogens is 392 g/mol. The van der Waals surface area contributed by atoms with Crippen molar-refractivity contribution in [2.75, 3.05) is 11.3 Å². The van der Waals surface area contributed by atoms with Crippen LogP contribution in [-0.4, -0.2) is 20.9 Å². The van der Waals surface area contributed by atoms with E-state index in [1.165, 1.54) is 5.56 Å². The molecule has 0 unspecified atom stereocenters. The third-order valence-electron chi connectivity index (χ3n) is 4.96. The molecule has 1 saturated carbocycles. The van der Waals surface area contributed by atoms with E-state index in [1.807, 2.05) is 18.2 Å². The van der Waals surface area contributed by atoms with Crippen molar-refractivity contribution in [2.24, 2.45) is 0 Å². The molecule has 0 radical (unpaired) electrons. The summed E-state index contributed by atoms with van der Waals surface area (Å²) in [5.74, 6) is -0.209. The predicted molar refractivity (Wildman–Crippen MR) is 111 cm³/mol. The summed E-state index contributed by atoms with van der Waals surface area (Å²) in [5, 5.41) is 4.71. The van der Waals surface area contributed by atoms with E-state index in [0.717, 1.165) is 24.2 Å². The fourth-order valence-corrected chi connectivity index (χ4v) is 5.25. The summed E-state index contributed by atoms with van der Waals surface area (Å²) >= 11 is 1.15.